The number of fused-ring (bicyclic) bond motifs is 1. The number of amides is 2. The number of hydrogen-bond acceptors (Lipinski definition) is 3. The van der Waals surface area contributed by atoms with E-state index in [-0.39, 0.29) is 23.8 Å². The first-order valence-corrected chi connectivity index (χ1v) is 11.2. The Labute approximate surface area is 178 Å². The molecule has 5 nitrogen and oxygen atoms in total. The van der Waals surface area contributed by atoms with Crippen molar-refractivity contribution in [1.29, 1.82) is 0 Å². The topological polar surface area (TPSA) is 62.3 Å². The molecule has 1 saturated carbocycles. The molecule has 30 heavy (non-hydrogen) atoms. The molecule has 0 unspecified atom stereocenters. The van der Waals surface area contributed by atoms with Crippen molar-refractivity contribution in [2.45, 2.75) is 76.4 Å². The van der Waals surface area contributed by atoms with Crippen LogP contribution in [0.25, 0.3) is 0 Å². The minimum atomic E-state index is -0.446. The summed E-state index contributed by atoms with van der Waals surface area (Å²) < 4.78 is 0. The maximum absolute atomic E-state index is 13.7. The third kappa shape index (κ3) is 3.51. The Balaban J connectivity index is 1.76. The van der Waals surface area contributed by atoms with Crippen molar-refractivity contribution < 1.29 is 9.59 Å². The molecule has 0 radical (unpaired) electrons. The number of pyridine rings is 1. The molecular weight excluding hydrogens is 374 g/mol. The second kappa shape index (κ2) is 8.58. The van der Waals surface area contributed by atoms with E-state index >= 15 is 0 Å². The highest BCUT2D eigenvalue weighted by atomic mass is 16.2. The van der Waals surface area contributed by atoms with E-state index < -0.39 is 5.54 Å². The summed E-state index contributed by atoms with van der Waals surface area (Å²) in [5, 5.41) is 3.16. The summed E-state index contributed by atoms with van der Waals surface area (Å²) in [6.07, 6.45) is 9.40. The highest BCUT2D eigenvalue weighted by Gasteiger charge is 2.55. The lowest BCUT2D eigenvalue weighted by molar-refractivity contribution is -0.128. The average Bonchev–Trinajstić information content (AvgIpc) is 2.79. The zero-order valence-electron chi connectivity index (χ0n) is 17.9. The molecule has 2 amide bonds. The molecule has 2 atom stereocenters. The molecule has 1 aliphatic heterocycles. The molecule has 0 bridgehead atoms. The van der Waals surface area contributed by atoms with Crippen LogP contribution in [0.4, 0.5) is 0 Å². The molecular formula is C25H31N3O2. The van der Waals surface area contributed by atoms with Gasteiger partial charge in [0.25, 0.3) is 5.91 Å². The lowest BCUT2D eigenvalue weighted by Gasteiger charge is -2.55. The molecule has 2 aliphatic rings. The van der Waals surface area contributed by atoms with Crippen LogP contribution in [0.2, 0.25) is 0 Å². The summed E-state index contributed by atoms with van der Waals surface area (Å²) in [7, 11) is 0. The van der Waals surface area contributed by atoms with E-state index in [1.54, 1.807) is 12.4 Å². The van der Waals surface area contributed by atoms with Gasteiger partial charge in [-0.2, -0.15) is 0 Å². The van der Waals surface area contributed by atoms with Gasteiger partial charge in [0.2, 0.25) is 5.91 Å². The highest BCUT2D eigenvalue weighted by molar-refractivity contribution is 6.02. The van der Waals surface area contributed by atoms with Gasteiger partial charge in [0, 0.05) is 30.5 Å². The first-order valence-electron chi connectivity index (χ1n) is 11.2. The molecule has 1 N–H and O–H groups in total. The first kappa shape index (κ1) is 20.6. The third-order valence-electron chi connectivity index (χ3n) is 6.94. The van der Waals surface area contributed by atoms with Gasteiger partial charge in [0.1, 0.15) is 0 Å². The van der Waals surface area contributed by atoms with Crippen LogP contribution in [-0.4, -0.2) is 33.3 Å². The maximum atomic E-state index is 13.7. The Bertz CT molecular complexity index is 906. The largest absolute Gasteiger partial charge is 0.351 e. The van der Waals surface area contributed by atoms with Gasteiger partial charge in [0.05, 0.1) is 11.5 Å². The number of benzene rings is 1. The Kier molecular flexibility index (Phi) is 5.89. The minimum Gasteiger partial charge on any atom is -0.351 e. The summed E-state index contributed by atoms with van der Waals surface area (Å²) in [6.45, 7) is 4.68. The molecule has 1 aromatic carbocycles. The Morgan fingerprint density at radius 2 is 1.97 bits per heavy atom. The van der Waals surface area contributed by atoms with Crippen LogP contribution in [0, 0.1) is 0 Å². The van der Waals surface area contributed by atoms with Crippen molar-refractivity contribution in [3.8, 4) is 0 Å². The smallest absolute Gasteiger partial charge is 0.254 e. The normalized spacial score (nSPS) is 21.2. The number of nitrogens with zero attached hydrogens (tertiary/aromatic N) is 2. The Morgan fingerprint density at radius 1 is 1.20 bits per heavy atom. The van der Waals surface area contributed by atoms with Gasteiger partial charge in [0.15, 0.2) is 0 Å². The predicted octanol–water partition coefficient (Wildman–Crippen LogP) is 4.44. The van der Waals surface area contributed by atoms with E-state index in [4.69, 9.17) is 0 Å². The number of carbonyl (C=O) groups excluding carboxylic acids is 2. The lowest BCUT2D eigenvalue weighted by Crippen LogP contribution is -2.64. The molecule has 0 saturated heterocycles. The van der Waals surface area contributed by atoms with Crippen molar-refractivity contribution in [3.63, 3.8) is 0 Å². The fourth-order valence-corrected chi connectivity index (χ4v) is 5.40. The second-order valence-electron chi connectivity index (χ2n) is 8.70. The molecule has 1 aliphatic carbocycles. The number of hydrogen-bond donors (Lipinski definition) is 1. The number of rotatable bonds is 5. The summed E-state index contributed by atoms with van der Waals surface area (Å²) in [4.78, 5) is 33.5. The van der Waals surface area contributed by atoms with Crippen molar-refractivity contribution >= 4 is 11.8 Å². The molecule has 5 heteroatoms. The molecule has 1 fully saturated rings. The summed E-state index contributed by atoms with van der Waals surface area (Å²) >= 11 is 0. The van der Waals surface area contributed by atoms with Crippen LogP contribution < -0.4 is 5.32 Å². The number of nitrogens with one attached hydrogen (secondary N) is 1. The molecule has 158 valence electrons. The summed E-state index contributed by atoms with van der Waals surface area (Å²) in [6, 6.07) is 11.6. The van der Waals surface area contributed by atoms with Crippen LogP contribution in [0.3, 0.4) is 0 Å². The zero-order valence-corrected chi connectivity index (χ0v) is 17.9. The third-order valence-corrected chi connectivity index (χ3v) is 6.94. The molecule has 1 aromatic heterocycles. The van der Waals surface area contributed by atoms with Crippen LogP contribution in [-0.2, 0) is 11.3 Å². The quantitative estimate of drug-likeness (QED) is 0.800. The van der Waals surface area contributed by atoms with Gasteiger partial charge < -0.3 is 10.2 Å². The fourth-order valence-electron chi connectivity index (χ4n) is 5.40. The van der Waals surface area contributed by atoms with Gasteiger partial charge in [-0.1, -0.05) is 50.5 Å². The van der Waals surface area contributed by atoms with Gasteiger partial charge in [-0.25, -0.2) is 0 Å². The van der Waals surface area contributed by atoms with E-state index in [0.717, 1.165) is 49.7 Å². The standard InChI is InChI=1S/C25H31N3O2/c1-3-18(2)28-24(30)21-12-6-5-11-20(21)22(25(28)13-7-4-8-14-25)23(29)27-17-19-10-9-15-26-16-19/h5-6,9-12,15-16,18,22H,3-4,7-8,13-14,17H2,1-2H3,(H,27,29)/t18-,22-/m1/s1. The highest BCUT2D eigenvalue weighted by Crippen LogP contribution is 2.50. The van der Waals surface area contributed by atoms with Crippen molar-refractivity contribution in [2.24, 2.45) is 0 Å². The van der Waals surface area contributed by atoms with Gasteiger partial charge in [-0.3, -0.25) is 14.6 Å². The van der Waals surface area contributed by atoms with E-state index in [1.807, 2.05) is 36.4 Å². The SMILES string of the molecule is CC[C@@H](C)N1C(=O)c2ccccc2[C@H](C(=O)NCc2cccnc2)C12CCCCC2. The van der Waals surface area contributed by atoms with E-state index in [2.05, 4.69) is 29.0 Å². The van der Waals surface area contributed by atoms with Crippen molar-refractivity contribution in [3.05, 3.63) is 65.5 Å². The number of aromatic nitrogens is 1. The molecule has 1 spiro atoms. The first-order chi connectivity index (χ1) is 14.6. The molecule has 4 rings (SSSR count). The lowest BCUT2D eigenvalue weighted by atomic mass is 9.64. The summed E-state index contributed by atoms with van der Waals surface area (Å²) in [5.74, 6) is -0.260. The van der Waals surface area contributed by atoms with Gasteiger partial charge in [-0.05, 0) is 49.4 Å². The fraction of sp³-hybridized carbons (Fsp3) is 0.480. The van der Waals surface area contributed by atoms with Crippen molar-refractivity contribution in [1.82, 2.24) is 15.2 Å². The van der Waals surface area contributed by atoms with Crippen LogP contribution in [0.5, 0.6) is 0 Å². The number of carbonyl (C=O) groups is 2. The van der Waals surface area contributed by atoms with E-state index in [0.29, 0.717) is 12.1 Å². The Hall–Kier alpha value is -2.69. The zero-order chi connectivity index (χ0) is 21.1. The van der Waals surface area contributed by atoms with Gasteiger partial charge in [-0.15, -0.1) is 0 Å². The monoisotopic (exact) mass is 405 g/mol. The van der Waals surface area contributed by atoms with Crippen LogP contribution >= 0.6 is 0 Å². The van der Waals surface area contributed by atoms with Crippen LogP contribution in [0.15, 0.2) is 48.8 Å². The maximum Gasteiger partial charge on any atom is 0.254 e. The summed E-state index contributed by atoms with van der Waals surface area (Å²) in [5.41, 5.74) is 2.09. The van der Waals surface area contributed by atoms with Crippen LogP contribution in [0.1, 0.15) is 79.8 Å². The molecule has 2 heterocycles. The average molecular weight is 406 g/mol. The van der Waals surface area contributed by atoms with E-state index in [9.17, 15) is 9.59 Å². The van der Waals surface area contributed by atoms with Crippen molar-refractivity contribution in [2.75, 3.05) is 0 Å². The van der Waals surface area contributed by atoms with Gasteiger partial charge >= 0.3 is 0 Å². The Morgan fingerprint density at radius 3 is 2.67 bits per heavy atom. The molecule has 2 aromatic rings. The second-order valence-corrected chi connectivity index (χ2v) is 8.70. The van der Waals surface area contributed by atoms with E-state index in [1.165, 1.54) is 0 Å². The predicted molar refractivity (Wildman–Crippen MR) is 117 cm³/mol. The minimum absolute atomic E-state index is 0.00834.